The van der Waals surface area contributed by atoms with Gasteiger partial charge in [0.15, 0.2) is 22.0 Å². The molecule has 13 nitrogen and oxygen atoms in total. The average molecular weight is 649 g/mol. The molecular formula is C29H29ClN2O11S. The Morgan fingerprint density at radius 2 is 1.64 bits per heavy atom. The highest BCUT2D eigenvalue weighted by Gasteiger charge is 2.75. The van der Waals surface area contributed by atoms with Crippen molar-refractivity contribution in [2.75, 3.05) is 14.1 Å². The van der Waals surface area contributed by atoms with E-state index < -0.39 is 84.9 Å². The van der Waals surface area contributed by atoms with Gasteiger partial charge in [-0.3, -0.25) is 28.6 Å². The van der Waals surface area contributed by atoms with E-state index in [-0.39, 0.29) is 21.6 Å². The van der Waals surface area contributed by atoms with Gasteiger partial charge in [-0.2, -0.15) is 8.42 Å². The van der Waals surface area contributed by atoms with Crippen LogP contribution < -0.4 is 5.73 Å². The van der Waals surface area contributed by atoms with Crippen LogP contribution in [0.4, 0.5) is 0 Å². The molecular weight excluding hydrogens is 620 g/mol. The van der Waals surface area contributed by atoms with Crippen LogP contribution in [0.5, 0.6) is 5.75 Å². The van der Waals surface area contributed by atoms with Crippen LogP contribution in [0, 0.1) is 18.8 Å². The Morgan fingerprint density at radius 1 is 1.07 bits per heavy atom. The largest absolute Gasteiger partial charge is 0.508 e. The first-order valence-electron chi connectivity index (χ1n) is 12.9. The number of amides is 1. The number of aliphatic hydroxyl groups excluding tert-OH is 2. The maximum absolute atomic E-state index is 13.8. The Kier molecular flexibility index (Phi) is 8.18. The number of hydrogen-bond acceptors (Lipinski definition) is 11. The van der Waals surface area contributed by atoms with Crippen molar-refractivity contribution in [3.63, 3.8) is 0 Å². The molecule has 1 amide bonds. The van der Waals surface area contributed by atoms with Gasteiger partial charge in [0, 0.05) is 5.92 Å². The number of nitrogens with two attached hydrogens (primary N) is 1. The number of alkyl halides is 1. The second-order valence-electron chi connectivity index (χ2n) is 11.0. The summed E-state index contributed by atoms with van der Waals surface area (Å²) in [5.74, 6) is -10.1. The van der Waals surface area contributed by atoms with Crippen LogP contribution in [0.3, 0.4) is 0 Å². The highest BCUT2D eigenvalue weighted by molar-refractivity contribution is 7.85. The third kappa shape index (κ3) is 4.65. The van der Waals surface area contributed by atoms with Gasteiger partial charge < -0.3 is 26.2 Å². The molecule has 0 aromatic heterocycles. The third-order valence-corrected chi connectivity index (χ3v) is 9.64. The van der Waals surface area contributed by atoms with E-state index in [1.54, 1.807) is 12.1 Å². The number of hydrogen-bond donors (Lipinski definition) is 6. The molecule has 7 N–H and O–H groups in total. The minimum Gasteiger partial charge on any atom is -0.508 e. The number of benzene rings is 2. The number of aromatic hydroxyl groups is 1. The topological polar surface area (TPSA) is 233 Å². The molecule has 15 heteroatoms. The molecule has 0 aliphatic heterocycles. The van der Waals surface area contributed by atoms with Gasteiger partial charge in [-0.1, -0.05) is 36.4 Å². The van der Waals surface area contributed by atoms with Crippen LogP contribution in [0.2, 0.25) is 0 Å². The van der Waals surface area contributed by atoms with Gasteiger partial charge in [-0.25, -0.2) is 0 Å². The van der Waals surface area contributed by atoms with E-state index in [1.165, 1.54) is 49.3 Å². The molecule has 0 saturated heterocycles. The van der Waals surface area contributed by atoms with Crippen molar-refractivity contribution in [3.8, 4) is 5.75 Å². The van der Waals surface area contributed by atoms with E-state index in [1.807, 2.05) is 6.92 Å². The van der Waals surface area contributed by atoms with Crippen molar-refractivity contribution in [3.05, 3.63) is 77.1 Å². The van der Waals surface area contributed by atoms with Gasteiger partial charge in [-0.15, -0.1) is 11.6 Å². The first-order valence-corrected chi connectivity index (χ1v) is 14.7. The first kappa shape index (κ1) is 33.0. The van der Waals surface area contributed by atoms with E-state index in [4.69, 9.17) is 21.9 Å². The maximum atomic E-state index is 13.8. The quantitative estimate of drug-likeness (QED) is 0.116. The molecule has 1 saturated carbocycles. The number of nitrogens with zero attached hydrogens (tertiary/aromatic N) is 1. The Balaban J connectivity index is 0.000000339. The van der Waals surface area contributed by atoms with Crippen molar-refractivity contribution in [2.24, 2.45) is 17.6 Å². The molecule has 44 heavy (non-hydrogen) atoms. The molecule has 234 valence electrons. The van der Waals surface area contributed by atoms with E-state index in [0.717, 1.165) is 5.56 Å². The predicted octanol–water partition coefficient (Wildman–Crippen LogP) is 0.538. The number of fused-ring (bicyclic) bond motifs is 3. The minimum atomic E-state index is -4.02. The van der Waals surface area contributed by atoms with Crippen LogP contribution in [0.15, 0.2) is 65.3 Å². The highest BCUT2D eigenvalue weighted by Crippen LogP contribution is 2.58. The number of aliphatic hydroxyl groups is 3. The number of carbonyl (C=O) groups excluding carboxylic acids is 4. The standard InChI is InChI=1S/C22H21ClN2O8.C7H8O3S/c1-7-8-5-4-6-9(26)10(8)17(29)21(23)12(7)16(28)13-14(25(2)3)15(27)11(19(24)31)18(30)22(13,33)20(21)32;1-6-2-4-7(5-3-6)11(8,9)10/h4-6,12-14,16,26,28,30,33H,1H2,2-3H3,(H2,24,31);2-5H,1H3,(H,8,9,10)/t12-,13+,14-,16-,21-,22+;/m0./s1. The van der Waals surface area contributed by atoms with Crippen molar-refractivity contribution < 1.29 is 52.6 Å². The molecule has 0 heterocycles. The Hall–Kier alpha value is -3.92. The number of phenolic OH excluding ortho intramolecular Hbond substituents is 1. The Bertz CT molecular complexity index is 1770. The predicted molar refractivity (Wildman–Crippen MR) is 155 cm³/mol. The van der Waals surface area contributed by atoms with Crippen LogP contribution in [0.1, 0.15) is 21.5 Å². The van der Waals surface area contributed by atoms with Crippen LogP contribution in [0.25, 0.3) is 5.57 Å². The van der Waals surface area contributed by atoms with Gasteiger partial charge in [0.1, 0.15) is 17.1 Å². The lowest BCUT2D eigenvalue weighted by atomic mass is 9.52. The lowest BCUT2D eigenvalue weighted by Crippen LogP contribution is -2.77. The number of ketones is 3. The maximum Gasteiger partial charge on any atom is 0.294 e. The zero-order valence-corrected chi connectivity index (χ0v) is 25.1. The fraction of sp³-hybridized carbons (Fsp3) is 0.310. The molecule has 3 aliphatic carbocycles. The van der Waals surface area contributed by atoms with Crippen molar-refractivity contribution in [2.45, 2.75) is 34.4 Å². The summed E-state index contributed by atoms with van der Waals surface area (Å²) in [4.78, 5) is 50.8. The zero-order chi connectivity index (χ0) is 33.3. The van der Waals surface area contributed by atoms with Crippen molar-refractivity contribution in [1.29, 1.82) is 0 Å². The smallest absolute Gasteiger partial charge is 0.294 e. The summed E-state index contributed by atoms with van der Waals surface area (Å²) in [5, 5.41) is 44.0. The van der Waals surface area contributed by atoms with Crippen molar-refractivity contribution in [1.82, 2.24) is 4.90 Å². The van der Waals surface area contributed by atoms with Gasteiger partial charge in [0.05, 0.1) is 28.5 Å². The summed E-state index contributed by atoms with van der Waals surface area (Å²) in [6, 6.07) is 8.57. The normalized spacial score (nSPS) is 29.8. The fourth-order valence-electron chi connectivity index (χ4n) is 6.15. The summed E-state index contributed by atoms with van der Waals surface area (Å²) in [6.07, 6.45) is -1.86. The molecule has 2 aromatic carbocycles. The number of aryl methyl sites for hydroxylation is 1. The number of primary amides is 1. The second-order valence-corrected chi connectivity index (χ2v) is 13.0. The molecule has 0 unspecified atom stereocenters. The zero-order valence-electron chi connectivity index (χ0n) is 23.6. The Morgan fingerprint density at radius 3 is 2.14 bits per heavy atom. The number of phenols is 1. The first-order chi connectivity index (χ1) is 20.2. The van der Waals surface area contributed by atoms with Gasteiger partial charge in [0.2, 0.25) is 5.78 Å². The van der Waals surface area contributed by atoms with Crippen molar-refractivity contribution >= 4 is 50.5 Å². The molecule has 3 aliphatic rings. The molecule has 6 atom stereocenters. The van der Waals surface area contributed by atoms with Crippen LogP contribution >= 0.6 is 11.6 Å². The molecule has 0 spiro atoms. The lowest BCUT2D eigenvalue weighted by Gasteiger charge is -2.56. The molecule has 5 rings (SSSR count). The van der Waals surface area contributed by atoms with E-state index >= 15 is 0 Å². The average Bonchev–Trinajstić information content (AvgIpc) is 2.92. The van der Waals surface area contributed by atoms with Gasteiger partial charge in [0.25, 0.3) is 16.0 Å². The molecule has 0 radical (unpaired) electrons. The molecule has 2 aromatic rings. The van der Waals surface area contributed by atoms with Gasteiger partial charge >= 0.3 is 0 Å². The van der Waals surface area contributed by atoms with E-state index in [0.29, 0.717) is 0 Å². The number of likely N-dealkylation sites (N-methyl/N-ethyl adjacent to an activating group) is 1. The Labute approximate surface area is 256 Å². The van der Waals surface area contributed by atoms with E-state index in [2.05, 4.69) is 6.58 Å². The third-order valence-electron chi connectivity index (χ3n) is 8.19. The van der Waals surface area contributed by atoms with Crippen LogP contribution in [-0.4, -0.2) is 98.3 Å². The van der Waals surface area contributed by atoms with Gasteiger partial charge in [-0.05, 0) is 50.4 Å². The van der Waals surface area contributed by atoms with Crippen LogP contribution in [-0.2, 0) is 24.5 Å². The fourth-order valence-corrected chi connectivity index (χ4v) is 7.13. The number of Topliss-reactive ketones (excluding diaryl/α,β-unsaturated/α-hetero) is 3. The monoisotopic (exact) mass is 648 g/mol. The number of rotatable bonds is 3. The second kappa shape index (κ2) is 10.9. The number of halogens is 1. The summed E-state index contributed by atoms with van der Waals surface area (Å²) in [7, 11) is -1.22. The SMILES string of the molecule is C=C1c2cccc(O)c2C(=O)[C@]2(Cl)C(=O)[C@]3(O)C(O)=C(C(N)=O)C(=O)[C@@H](N(C)C)[C@@H]3[C@@H](O)[C@H]12.Cc1ccc(S(=O)(=O)O)cc1. The summed E-state index contributed by atoms with van der Waals surface area (Å²) in [6.45, 7) is 5.71. The number of carbonyl (C=O) groups is 4. The molecule has 0 bridgehead atoms. The highest BCUT2D eigenvalue weighted by atomic mass is 35.5. The lowest BCUT2D eigenvalue weighted by molar-refractivity contribution is -0.176. The summed E-state index contributed by atoms with van der Waals surface area (Å²) < 4.78 is 29.6. The van der Waals surface area contributed by atoms with E-state index in [9.17, 15) is 48.0 Å². The summed E-state index contributed by atoms with van der Waals surface area (Å²) in [5.41, 5.74) is 1.88. The summed E-state index contributed by atoms with van der Waals surface area (Å²) >= 11 is 6.59. The minimum absolute atomic E-state index is 0.0209. The molecule has 1 fully saturated rings.